The molecule has 1 aromatic heterocycles. The molecule has 0 amide bonds. The smallest absolute Gasteiger partial charge is 0.335 e. The van der Waals surface area contributed by atoms with Gasteiger partial charge in [-0.1, -0.05) is 6.92 Å². The first-order chi connectivity index (χ1) is 8.69. The van der Waals surface area contributed by atoms with Crippen LogP contribution >= 0.6 is 11.3 Å². The molecule has 0 aliphatic rings. The summed E-state index contributed by atoms with van der Waals surface area (Å²) in [6, 6.07) is 11.1. The average Bonchev–Trinajstić information content (AvgIpc) is 2.85. The van der Waals surface area contributed by atoms with Crippen LogP contribution in [-0.2, 0) is 13.0 Å². The van der Waals surface area contributed by atoms with Crippen molar-refractivity contribution in [1.82, 2.24) is 0 Å². The van der Waals surface area contributed by atoms with E-state index in [-0.39, 0.29) is 0 Å². The van der Waals surface area contributed by atoms with E-state index in [1.807, 2.05) is 0 Å². The van der Waals surface area contributed by atoms with Crippen molar-refractivity contribution in [3.8, 4) is 0 Å². The zero-order valence-electron chi connectivity index (χ0n) is 10.1. The van der Waals surface area contributed by atoms with Crippen molar-refractivity contribution in [2.75, 3.05) is 5.32 Å². The van der Waals surface area contributed by atoms with Gasteiger partial charge in [0.15, 0.2) is 0 Å². The molecule has 0 fully saturated rings. The van der Waals surface area contributed by atoms with Crippen LogP contribution < -0.4 is 5.32 Å². The second kappa shape index (κ2) is 5.69. The van der Waals surface area contributed by atoms with Gasteiger partial charge in [0.2, 0.25) is 0 Å². The van der Waals surface area contributed by atoms with Crippen LogP contribution in [0.3, 0.4) is 0 Å². The van der Waals surface area contributed by atoms with Gasteiger partial charge in [-0.3, -0.25) is 0 Å². The third kappa shape index (κ3) is 3.11. The van der Waals surface area contributed by atoms with Crippen LogP contribution in [0.5, 0.6) is 0 Å². The standard InChI is InChI=1S/C14H15NO2S/c1-2-12-7-8-13(18-12)9-15-11-5-3-10(4-6-11)14(16)17/h3-8,15H,2,9H2,1H3,(H,16,17). The molecule has 0 saturated heterocycles. The fraction of sp³-hybridized carbons (Fsp3) is 0.214. The highest BCUT2D eigenvalue weighted by molar-refractivity contribution is 7.12. The van der Waals surface area contributed by atoms with Crippen LogP contribution in [-0.4, -0.2) is 11.1 Å². The molecule has 4 heteroatoms. The van der Waals surface area contributed by atoms with Crippen LogP contribution in [0.2, 0.25) is 0 Å². The number of aryl methyl sites for hydroxylation is 1. The normalized spacial score (nSPS) is 10.3. The summed E-state index contributed by atoms with van der Waals surface area (Å²) >= 11 is 1.80. The van der Waals surface area contributed by atoms with Crippen molar-refractivity contribution in [2.45, 2.75) is 19.9 Å². The van der Waals surface area contributed by atoms with Crippen LogP contribution in [0.25, 0.3) is 0 Å². The average molecular weight is 261 g/mol. The Hall–Kier alpha value is -1.81. The minimum absolute atomic E-state index is 0.310. The van der Waals surface area contributed by atoms with Gasteiger partial charge in [-0.25, -0.2) is 4.79 Å². The van der Waals surface area contributed by atoms with Crippen LogP contribution in [0.4, 0.5) is 5.69 Å². The van der Waals surface area contributed by atoms with Gasteiger partial charge >= 0.3 is 5.97 Å². The molecule has 0 bridgehead atoms. The molecule has 0 spiro atoms. The molecule has 0 atom stereocenters. The SMILES string of the molecule is CCc1ccc(CNc2ccc(C(=O)O)cc2)s1. The fourth-order valence-electron chi connectivity index (χ4n) is 1.63. The summed E-state index contributed by atoms with van der Waals surface area (Å²) in [5, 5.41) is 12.1. The van der Waals surface area contributed by atoms with E-state index in [2.05, 4.69) is 24.4 Å². The Morgan fingerprint density at radius 3 is 2.39 bits per heavy atom. The van der Waals surface area contributed by atoms with Gasteiger partial charge in [-0.2, -0.15) is 0 Å². The highest BCUT2D eigenvalue weighted by Gasteiger charge is 2.02. The molecular formula is C14H15NO2S. The third-order valence-electron chi connectivity index (χ3n) is 2.66. The number of hydrogen-bond donors (Lipinski definition) is 2. The molecule has 0 saturated carbocycles. The van der Waals surface area contributed by atoms with Crippen LogP contribution in [0, 0.1) is 0 Å². The van der Waals surface area contributed by atoms with Crippen molar-refractivity contribution in [3.05, 3.63) is 51.7 Å². The Morgan fingerprint density at radius 2 is 1.83 bits per heavy atom. The van der Waals surface area contributed by atoms with Crippen molar-refractivity contribution in [2.24, 2.45) is 0 Å². The molecule has 2 rings (SSSR count). The lowest BCUT2D eigenvalue weighted by molar-refractivity contribution is 0.0697. The number of benzene rings is 1. The number of aromatic carboxylic acids is 1. The molecular weight excluding hydrogens is 246 g/mol. The Kier molecular flexibility index (Phi) is 3.99. The summed E-state index contributed by atoms with van der Waals surface area (Å²) < 4.78 is 0. The molecule has 1 heterocycles. The topological polar surface area (TPSA) is 49.3 Å². The lowest BCUT2D eigenvalue weighted by Gasteiger charge is -2.04. The maximum absolute atomic E-state index is 10.7. The predicted molar refractivity (Wildman–Crippen MR) is 74.4 cm³/mol. The second-order valence-corrected chi connectivity index (χ2v) is 5.21. The second-order valence-electron chi connectivity index (χ2n) is 3.96. The van der Waals surface area contributed by atoms with E-state index >= 15 is 0 Å². The largest absolute Gasteiger partial charge is 0.478 e. The van der Waals surface area contributed by atoms with Crippen molar-refractivity contribution < 1.29 is 9.90 Å². The number of carboxylic acids is 1. The minimum atomic E-state index is -0.896. The van der Waals surface area contributed by atoms with Gasteiger partial charge in [0.25, 0.3) is 0 Å². The summed E-state index contributed by atoms with van der Waals surface area (Å²) in [6.07, 6.45) is 1.07. The van der Waals surface area contributed by atoms with Gasteiger partial charge in [-0.05, 0) is 42.8 Å². The number of carbonyl (C=O) groups is 1. The van der Waals surface area contributed by atoms with Crippen molar-refractivity contribution in [3.63, 3.8) is 0 Å². The number of nitrogens with one attached hydrogen (secondary N) is 1. The maximum Gasteiger partial charge on any atom is 0.335 e. The molecule has 94 valence electrons. The number of hydrogen-bond acceptors (Lipinski definition) is 3. The molecule has 0 radical (unpaired) electrons. The van der Waals surface area contributed by atoms with Gasteiger partial charge in [0.1, 0.15) is 0 Å². The van der Waals surface area contributed by atoms with E-state index in [1.165, 1.54) is 9.75 Å². The Bertz CT molecular complexity index is 531. The molecule has 0 aliphatic heterocycles. The predicted octanol–water partition coefficient (Wildman–Crippen LogP) is 3.62. The fourth-order valence-corrected chi connectivity index (χ4v) is 2.52. The molecule has 2 N–H and O–H groups in total. The molecule has 3 nitrogen and oxygen atoms in total. The molecule has 2 aromatic rings. The van der Waals surface area contributed by atoms with Crippen LogP contribution in [0.1, 0.15) is 27.0 Å². The Morgan fingerprint density at radius 1 is 1.17 bits per heavy atom. The van der Waals surface area contributed by atoms with Gasteiger partial charge in [-0.15, -0.1) is 11.3 Å². The van der Waals surface area contributed by atoms with E-state index in [9.17, 15) is 4.79 Å². The first-order valence-electron chi connectivity index (χ1n) is 5.84. The maximum atomic E-state index is 10.7. The highest BCUT2D eigenvalue weighted by Crippen LogP contribution is 2.18. The number of thiophene rings is 1. The Labute approximate surface area is 110 Å². The van der Waals surface area contributed by atoms with Gasteiger partial charge in [0, 0.05) is 22.0 Å². The number of anilines is 1. The summed E-state index contributed by atoms with van der Waals surface area (Å²) in [6.45, 7) is 2.92. The number of rotatable bonds is 5. The lowest BCUT2D eigenvalue weighted by atomic mass is 10.2. The quantitative estimate of drug-likeness (QED) is 0.864. The van der Waals surface area contributed by atoms with E-state index < -0.39 is 5.97 Å². The molecule has 0 aliphatic carbocycles. The summed E-state index contributed by atoms with van der Waals surface area (Å²) in [5.41, 5.74) is 1.25. The molecule has 18 heavy (non-hydrogen) atoms. The highest BCUT2D eigenvalue weighted by atomic mass is 32.1. The minimum Gasteiger partial charge on any atom is -0.478 e. The Balaban J connectivity index is 1.95. The summed E-state index contributed by atoms with van der Waals surface area (Å²) in [5.74, 6) is -0.896. The number of carboxylic acid groups (broad SMARTS) is 1. The molecule has 0 unspecified atom stereocenters. The van der Waals surface area contributed by atoms with E-state index in [0.717, 1.165) is 18.7 Å². The molecule has 1 aromatic carbocycles. The van der Waals surface area contributed by atoms with Crippen molar-refractivity contribution >= 4 is 23.0 Å². The monoisotopic (exact) mass is 261 g/mol. The first kappa shape index (κ1) is 12.6. The van der Waals surface area contributed by atoms with E-state index in [0.29, 0.717) is 5.56 Å². The summed E-state index contributed by atoms with van der Waals surface area (Å²) in [7, 11) is 0. The first-order valence-corrected chi connectivity index (χ1v) is 6.65. The van der Waals surface area contributed by atoms with E-state index in [1.54, 1.807) is 35.6 Å². The third-order valence-corrected chi connectivity index (χ3v) is 3.89. The zero-order chi connectivity index (χ0) is 13.0. The van der Waals surface area contributed by atoms with Crippen molar-refractivity contribution in [1.29, 1.82) is 0 Å². The lowest BCUT2D eigenvalue weighted by Crippen LogP contribution is -1.99. The van der Waals surface area contributed by atoms with Gasteiger partial charge < -0.3 is 10.4 Å². The van der Waals surface area contributed by atoms with E-state index in [4.69, 9.17) is 5.11 Å². The van der Waals surface area contributed by atoms with Crippen LogP contribution in [0.15, 0.2) is 36.4 Å². The summed E-state index contributed by atoms with van der Waals surface area (Å²) in [4.78, 5) is 13.4. The zero-order valence-corrected chi connectivity index (χ0v) is 11.0. The van der Waals surface area contributed by atoms with Gasteiger partial charge in [0.05, 0.1) is 5.56 Å².